The Labute approximate surface area is 150 Å². The van der Waals surface area contributed by atoms with E-state index in [0.29, 0.717) is 5.88 Å². The summed E-state index contributed by atoms with van der Waals surface area (Å²) in [4.78, 5) is 21.5. The van der Waals surface area contributed by atoms with Gasteiger partial charge in [0.15, 0.2) is 0 Å². The highest BCUT2D eigenvalue weighted by molar-refractivity contribution is 5.65. The van der Waals surface area contributed by atoms with Crippen LogP contribution in [-0.4, -0.2) is 35.6 Å². The van der Waals surface area contributed by atoms with Crippen molar-refractivity contribution in [3.05, 3.63) is 41.3 Å². The van der Waals surface area contributed by atoms with E-state index in [4.69, 9.17) is 15.5 Å². The van der Waals surface area contributed by atoms with Gasteiger partial charge in [-0.3, -0.25) is 9.90 Å². The fraction of sp³-hybridized carbons (Fsp3) is 0.526. The fourth-order valence-electron chi connectivity index (χ4n) is 3.26. The van der Waals surface area contributed by atoms with Crippen LogP contribution in [0.15, 0.2) is 35.7 Å². The molecule has 0 amide bonds. The Morgan fingerprint density at radius 3 is 2.48 bits per heavy atom. The molecule has 6 heteroatoms. The summed E-state index contributed by atoms with van der Waals surface area (Å²) in [6, 6.07) is 8.09. The second kappa shape index (κ2) is 8.76. The number of nitrogens with two attached hydrogens (primary N) is 1. The van der Waals surface area contributed by atoms with Crippen molar-refractivity contribution in [2.24, 2.45) is 0 Å². The molecule has 0 saturated carbocycles. The lowest BCUT2D eigenvalue weighted by Gasteiger charge is -2.31. The molecule has 25 heavy (non-hydrogen) atoms. The lowest BCUT2D eigenvalue weighted by atomic mass is 9.95. The summed E-state index contributed by atoms with van der Waals surface area (Å²) in [6.45, 7) is 6.49. The van der Waals surface area contributed by atoms with Gasteiger partial charge in [0.05, 0.1) is 6.04 Å². The molecule has 1 aromatic carbocycles. The number of likely N-dealkylation sites (N-methyl/N-ethyl adjacent to an activating group) is 1. The van der Waals surface area contributed by atoms with E-state index in [2.05, 4.69) is 18.9 Å². The first-order chi connectivity index (χ1) is 12.0. The quantitative estimate of drug-likeness (QED) is 0.442. The number of carbonyl (C=O) groups is 1. The molecule has 6 nitrogen and oxygen atoms in total. The van der Waals surface area contributed by atoms with Crippen molar-refractivity contribution in [1.82, 2.24) is 10.0 Å². The topological polar surface area (TPSA) is 68.0 Å². The molecule has 0 spiro atoms. The number of hydrogen-bond acceptors (Lipinski definition) is 6. The smallest absolute Gasteiger partial charge is 0.352 e. The lowest BCUT2D eigenvalue weighted by Crippen LogP contribution is -2.40. The number of unbranched alkanes of at least 4 members (excludes halogenated alkanes) is 1. The first-order valence-electron chi connectivity index (χ1n) is 8.90. The molecule has 1 atom stereocenters. The molecule has 1 aliphatic heterocycles. The van der Waals surface area contributed by atoms with Gasteiger partial charge in [0.25, 0.3) is 5.88 Å². The number of hydrazine groups is 1. The molecular formula is C19H29N3O3. The monoisotopic (exact) mass is 347 g/mol. The third-order valence-electron chi connectivity index (χ3n) is 4.48. The number of nitrogens with zero attached hydrogens (tertiary/aromatic N) is 2. The van der Waals surface area contributed by atoms with E-state index < -0.39 is 5.97 Å². The van der Waals surface area contributed by atoms with Crippen molar-refractivity contribution in [3.8, 4) is 0 Å². The molecule has 1 heterocycles. The maximum atomic E-state index is 11.2. The highest BCUT2D eigenvalue weighted by Crippen LogP contribution is 2.34. The Balaban J connectivity index is 2.33. The van der Waals surface area contributed by atoms with Gasteiger partial charge >= 0.3 is 5.97 Å². The van der Waals surface area contributed by atoms with Crippen LogP contribution in [0, 0.1) is 0 Å². The Hall–Kier alpha value is -2.21. The maximum absolute atomic E-state index is 11.2. The standard InChI is InChI=1S/C19H29N3O3/c1-5-7-8-18-17(13-15-9-11-16(20)12-10-15)19(25-24-14(3)23)21(4)22(18)6-2/h9-12,18H,5-8,13,20H2,1-4H3. The highest BCUT2D eigenvalue weighted by atomic mass is 17.2. The van der Waals surface area contributed by atoms with Crippen molar-refractivity contribution < 1.29 is 14.6 Å². The Kier molecular flexibility index (Phi) is 6.70. The van der Waals surface area contributed by atoms with Crippen LogP contribution in [0.4, 0.5) is 5.69 Å². The van der Waals surface area contributed by atoms with Gasteiger partial charge in [0.2, 0.25) is 0 Å². The number of rotatable bonds is 8. The van der Waals surface area contributed by atoms with Gasteiger partial charge in [-0.2, -0.15) is 0 Å². The Bertz CT molecular complexity index is 613. The first-order valence-corrected chi connectivity index (χ1v) is 8.90. The summed E-state index contributed by atoms with van der Waals surface area (Å²) in [5.41, 5.74) is 8.82. The van der Waals surface area contributed by atoms with E-state index >= 15 is 0 Å². The highest BCUT2D eigenvalue weighted by Gasteiger charge is 2.38. The van der Waals surface area contributed by atoms with Gasteiger partial charge in [-0.05, 0) is 24.1 Å². The van der Waals surface area contributed by atoms with Crippen LogP contribution in [0.2, 0.25) is 0 Å². The normalized spacial score (nSPS) is 17.9. The number of nitrogen functional groups attached to an aromatic ring is 1. The van der Waals surface area contributed by atoms with Crippen molar-refractivity contribution >= 4 is 11.7 Å². The molecule has 1 aliphatic rings. The summed E-state index contributed by atoms with van der Waals surface area (Å²) in [6.07, 6.45) is 4.02. The minimum atomic E-state index is -0.465. The minimum Gasteiger partial charge on any atom is -0.399 e. The van der Waals surface area contributed by atoms with E-state index in [-0.39, 0.29) is 6.04 Å². The van der Waals surface area contributed by atoms with Crippen molar-refractivity contribution in [1.29, 1.82) is 0 Å². The predicted octanol–water partition coefficient (Wildman–Crippen LogP) is 3.26. The van der Waals surface area contributed by atoms with E-state index in [1.165, 1.54) is 6.92 Å². The van der Waals surface area contributed by atoms with E-state index in [1.54, 1.807) is 0 Å². The lowest BCUT2D eigenvalue weighted by molar-refractivity contribution is -0.263. The molecular weight excluding hydrogens is 318 g/mol. The number of benzene rings is 1. The summed E-state index contributed by atoms with van der Waals surface area (Å²) < 4.78 is 0. The van der Waals surface area contributed by atoms with Crippen LogP contribution in [0.3, 0.4) is 0 Å². The van der Waals surface area contributed by atoms with Crippen LogP contribution in [0.5, 0.6) is 0 Å². The summed E-state index contributed by atoms with van der Waals surface area (Å²) in [5, 5.41) is 4.21. The zero-order chi connectivity index (χ0) is 18.4. The third-order valence-corrected chi connectivity index (χ3v) is 4.48. The van der Waals surface area contributed by atoms with Crippen LogP contribution in [0.25, 0.3) is 0 Å². The molecule has 0 radical (unpaired) electrons. The Morgan fingerprint density at radius 1 is 1.24 bits per heavy atom. The summed E-state index contributed by atoms with van der Waals surface area (Å²) in [7, 11) is 1.94. The van der Waals surface area contributed by atoms with Crippen molar-refractivity contribution in [3.63, 3.8) is 0 Å². The first kappa shape index (κ1) is 19.1. The molecule has 2 rings (SSSR count). The van der Waals surface area contributed by atoms with E-state index in [9.17, 15) is 4.79 Å². The molecule has 1 aromatic rings. The van der Waals surface area contributed by atoms with Crippen LogP contribution in [0.1, 0.15) is 45.6 Å². The number of anilines is 1. The predicted molar refractivity (Wildman–Crippen MR) is 97.9 cm³/mol. The van der Waals surface area contributed by atoms with E-state index in [1.807, 2.05) is 36.3 Å². The Morgan fingerprint density at radius 2 is 1.92 bits per heavy atom. The van der Waals surface area contributed by atoms with Gasteiger partial charge in [-0.1, -0.05) is 38.8 Å². The second-order valence-corrected chi connectivity index (χ2v) is 6.34. The van der Waals surface area contributed by atoms with Crippen molar-refractivity contribution in [2.75, 3.05) is 19.3 Å². The van der Waals surface area contributed by atoms with Gasteiger partial charge in [-0.25, -0.2) is 14.7 Å². The third kappa shape index (κ3) is 4.66. The van der Waals surface area contributed by atoms with Gasteiger partial charge in [0, 0.05) is 38.2 Å². The average molecular weight is 347 g/mol. The minimum absolute atomic E-state index is 0.234. The summed E-state index contributed by atoms with van der Waals surface area (Å²) >= 11 is 0. The molecule has 1 unspecified atom stereocenters. The van der Waals surface area contributed by atoms with Crippen LogP contribution >= 0.6 is 0 Å². The average Bonchev–Trinajstić information content (AvgIpc) is 2.83. The molecule has 138 valence electrons. The molecule has 0 aliphatic carbocycles. The largest absolute Gasteiger partial charge is 0.399 e. The zero-order valence-corrected chi connectivity index (χ0v) is 15.6. The zero-order valence-electron chi connectivity index (χ0n) is 15.6. The van der Waals surface area contributed by atoms with Gasteiger partial charge < -0.3 is 5.73 Å². The van der Waals surface area contributed by atoms with Crippen LogP contribution < -0.4 is 5.73 Å². The molecule has 0 fully saturated rings. The molecule has 0 aromatic heterocycles. The maximum Gasteiger partial charge on any atom is 0.352 e. The second-order valence-electron chi connectivity index (χ2n) is 6.34. The number of carbonyl (C=O) groups excluding carboxylic acids is 1. The molecule has 0 bridgehead atoms. The molecule has 2 N–H and O–H groups in total. The van der Waals surface area contributed by atoms with Crippen molar-refractivity contribution in [2.45, 2.75) is 52.5 Å². The van der Waals surface area contributed by atoms with Gasteiger partial charge in [-0.15, -0.1) is 0 Å². The molecule has 0 saturated heterocycles. The van der Waals surface area contributed by atoms with Gasteiger partial charge in [0.1, 0.15) is 0 Å². The summed E-state index contributed by atoms with van der Waals surface area (Å²) in [5.74, 6) is 0.141. The van der Waals surface area contributed by atoms with Crippen LogP contribution in [-0.2, 0) is 21.0 Å². The number of hydrogen-bond donors (Lipinski definition) is 1. The fourth-order valence-corrected chi connectivity index (χ4v) is 3.26. The van der Waals surface area contributed by atoms with E-state index in [0.717, 1.165) is 49.1 Å². The SMILES string of the molecule is CCCCC1C(Cc2ccc(N)cc2)=C(OOC(C)=O)N(C)N1CC.